The number of hydrogen-bond acceptors (Lipinski definition) is 5. The van der Waals surface area contributed by atoms with Crippen molar-refractivity contribution in [3.63, 3.8) is 0 Å². The summed E-state index contributed by atoms with van der Waals surface area (Å²) < 4.78 is 11.1. The van der Waals surface area contributed by atoms with Crippen LogP contribution in [0.2, 0.25) is 0 Å². The quantitative estimate of drug-likeness (QED) is 0.704. The third-order valence-corrected chi connectivity index (χ3v) is 4.84. The van der Waals surface area contributed by atoms with E-state index in [9.17, 15) is 9.59 Å². The maximum absolute atomic E-state index is 12.4. The number of hydrogen-bond donors (Lipinski definition) is 2. The number of aryl methyl sites for hydroxylation is 1. The summed E-state index contributed by atoms with van der Waals surface area (Å²) in [4.78, 5) is 25.0. The summed E-state index contributed by atoms with van der Waals surface area (Å²) in [5, 5.41) is 0. The van der Waals surface area contributed by atoms with Crippen molar-refractivity contribution in [2.75, 3.05) is 26.3 Å². The van der Waals surface area contributed by atoms with Crippen molar-refractivity contribution in [1.82, 2.24) is 4.90 Å². The molecule has 2 aromatic rings. The van der Waals surface area contributed by atoms with Gasteiger partial charge in [0.15, 0.2) is 0 Å². The lowest BCUT2D eigenvalue weighted by molar-refractivity contribution is -0.136. The molecule has 7 heteroatoms. The largest absolute Gasteiger partial charge is 0.457 e. The van der Waals surface area contributed by atoms with Crippen LogP contribution >= 0.6 is 0 Å². The molecule has 154 valence electrons. The fourth-order valence-electron chi connectivity index (χ4n) is 3.18. The number of amides is 2. The molecule has 2 amide bonds. The van der Waals surface area contributed by atoms with E-state index in [1.165, 1.54) is 0 Å². The Morgan fingerprint density at radius 3 is 2.07 bits per heavy atom. The van der Waals surface area contributed by atoms with Crippen molar-refractivity contribution in [2.45, 2.75) is 25.3 Å². The summed E-state index contributed by atoms with van der Waals surface area (Å²) >= 11 is 0. The molecule has 4 N–H and O–H groups in total. The molecule has 3 rings (SSSR count). The normalized spacial score (nSPS) is 15.0. The van der Waals surface area contributed by atoms with Gasteiger partial charge in [0, 0.05) is 19.5 Å². The third-order valence-electron chi connectivity index (χ3n) is 4.84. The average molecular weight is 397 g/mol. The van der Waals surface area contributed by atoms with E-state index in [0.29, 0.717) is 57.1 Å². The van der Waals surface area contributed by atoms with E-state index >= 15 is 0 Å². The standard InChI is InChI=1S/C22H27N3O4/c23-20(22(27)25-11-13-28-14-12-25)15-17-3-8-19(9-4-17)29-18-6-1-16(2-7-18)5-10-21(24)26/h1-4,6-9,20H,5,10-15,23H2,(H2,24,26). The number of nitrogens with zero attached hydrogens (tertiary/aromatic N) is 1. The number of carbonyl (C=O) groups is 2. The van der Waals surface area contributed by atoms with Crippen molar-refractivity contribution in [2.24, 2.45) is 11.5 Å². The lowest BCUT2D eigenvalue weighted by Gasteiger charge is -2.29. The molecule has 0 radical (unpaired) electrons. The van der Waals surface area contributed by atoms with Crippen LogP contribution in [0.4, 0.5) is 0 Å². The van der Waals surface area contributed by atoms with Crippen molar-refractivity contribution in [1.29, 1.82) is 0 Å². The van der Waals surface area contributed by atoms with Crippen molar-refractivity contribution < 1.29 is 19.1 Å². The van der Waals surface area contributed by atoms with Crippen LogP contribution < -0.4 is 16.2 Å². The topological polar surface area (TPSA) is 108 Å². The fourth-order valence-corrected chi connectivity index (χ4v) is 3.18. The zero-order chi connectivity index (χ0) is 20.6. The molecule has 2 aromatic carbocycles. The van der Waals surface area contributed by atoms with Gasteiger partial charge in [0.25, 0.3) is 0 Å². The van der Waals surface area contributed by atoms with Crippen LogP contribution in [0.5, 0.6) is 11.5 Å². The summed E-state index contributed by atoms with van der Waals surface area (Å²) in [6.45, 7) is 2.33. The zero-order valence-corrected chi connectivity index (χ0v) is 16.4. The van der Waals surface area contributed by atoms with E-state index in [-0.39, 0.29) is 11.8 Å². The van der Waals surface area contributed by atoms with E-state index in [2.05, 4.69) is 0 Å². The second-order valence-electron chi connectivity index (χ2n) is 7.10. The Morgan fingerprint density at radius 1 is 0.966 bits per heavy atom. The molecule has 1 fully saturated rings. The van der Waals surface area contributed by atoms with Gasteiger partial charge in [-0.3, -0.25) is 9.59 Å². The van der Waals surface area contributed by atoms with Crippen LogP contribution in [0.1, 0.15) is 17.5 Å². The number of primary amides is 1. The van der Waals surface area contributed by atoms with Crippen molar-refractivity contribution in [3.8, 4) is 11.5 Å². The Hall–Kier alpha value is -2.90. The molecule has 0 spiro atoms. The minimum absolute atomic E-state index is 0.0370. The molecule has 0 aromatic heterocycles. The third kappa shape index (κ3) is 6.30. The van der Waals surface area contributed by atoms with Crippen LogP contribution in [0.15, 0.2) is 48.5 Å². The molecule has 0 bridgehead atoms. The zero-order valence-electron chi connectivity index (χ0n) is 16.4. The first-order valence-electron chi connectivity index (χ1n) is 9.77. The van der Waals surface area contributed by atoms with Gasteiger partial charge in [-0.15, -0.1) is 0 Å². The van der Waals surface area contributed by atoms with E-state index in [0.717, 1.165) is 11.1 Å². The highest BCUT2D eigenvalue weighted by Gasteiger charge is 2.22. The summed E-state index contributed by atoms with van der Waals surface area (Å²) in [6, 6.07) is 14.6. The van der Waals surface area contributed by atoms with Gasteiger partial charge in [0.1, 0.15) is 11.5 Å². The highest BCUT2D eigenvalue weighted by atomic mass is 16.5. The van der Waals surface area contributed by atoms with E-state index in [1.807, 2.05) is 48.5 Å². The smallest absolute Gasteiger partial charge is 0.239 e. The molecule has 1 saturated heterocycles. The summed E-state index contributed by atoms with van der Waals surface area (Å²) in [6.07, 6.45) is 1.43. The first-order chi connectivity index (χ1) is 14.0. The molecule has 0 aliphatic carbocycles. The molecule has 1 heterocycles. The highest BCUT2D eigenvalue weighted by Crippen LogP contribution is 2.23. The van der Waals surface area contributed by atoms with Gasteiger partial charge < -0.3 is 25.8 Å². The highest BCUT2D eigenvalue weighted by molar-refractivity contribution is 5.82. The molecule has 0 saturated carbocycles. The van der Waals surface area contributed by atoms with Gasteiger partial charge in [-0.1, -0.05) is 24.3 Å². The maximum Gasteiger partial charge on any atom is 0.239 e. The lowest BCUT2D eigenvalue weighted by Crippen LogP contribution is -2.49. The van der Waals surface area contributed by atoms with E-state index in [4.69, 9.17) is 20.9 Å². The molecule has 29 heavy (non-hydrogen) atoms. The summed E-state index contributed by atoms with van der Waals surface area (Å²) in [5.74, 6) is 1.06. The second kappa shape index (κ2) is 10.0. The minimum Gasteiger partial charge on any atom is -0.457 e. The Labute approximate surface area is 170 Å². The predicted octanol–water partition coefficient (Wildman–Crippen LogP) is 1.63. The van der Waals surface area contributed by atoms with Crippen LogP contribution in [-0.4, -0.2) is 49.1 Å². The Bertz CT molecular complexity index is 815. The minimum atomic E-state index is -0.562. The van der Waals surface area contributed by atoms with Crippen LogP contribution in [-0.2, 0) is 27.2 Å². The number of rotatable bonds is 8. The molecule has 1 aliphatic rings. The average Bonchev–Trinajstić information content (AvgIpc) is 2.74. The van der Waals surface area contributed by atoms with Gasteiger partial charge in [-0.05, 0) is 48.2 Å². The predicted molar refractivity (Wildman–Crippen MR) is 110 cm³/mol. The Kier molecular flexibility index (Phi) is 7.21. The monoisotopic (exact) mass is 397 g/mol. The van der Waals surface area contributed by atoms with Crippen LogP contribution in [0.25, 0.3) is 0 Å². The van der Waals surface area contributed by atoms with E-state index < -0.39 is 6.04 Å². The molecule has 1 unspecified atom stereocenters. The van der Waals surface area contributed by atoms with Gasteiger partial charge in [0.2, 0.25) is 11.8 Å². The second-order valence-corrected chi connectivity index (χ2v) is 7.10. The summed E-state index contributed by atoms with van der Waals surface area (Å²) in [7, 11) is 0. The first kappa shape index (κ1) is 20.8. The lowest BCUT2D eigenvalue weighted by atomic mass is 10.1. The SMILES string of the molecule is NC(=O)CCc1ccc(Oc2ccc(CC(N)C(=O)N3CCOCC3)cc2)cc1. The number of carbonyl (C=O) groups excluding carboxylic acids is 2. The van der Waals surface area contributed by atoms with Gasteiger partial charge in [0.05, 0.1) is 19.3 Å². The van der Waals surface area contributed by atoms with Gasteiger partial charge >= 0.3 is 0 Å². The van der Waals surface area contributed by atoms with Crippen molar-refractivity contribution >= 4 is 11.8 Å². The molecule has 7 nitrogen and oxygen atoms in total. The maximum atomic E-state index is 12.4. The molecular formula is C22H27N3O4. The fraction of sp³-hybridized carbons (Fsp3) is 0.364. The van der Waals surface area contributed by atoms with Gasteiger partial charge in [-0.25, -0.2) is 0 Å². The first-order valence-corrected chi connectivity index (χ1v) is 9.77. The van der Waals surface area contributed by atoms with E-state index in [1.54, 1.807) is 4.90 Å². The summed E-state index contributed by atoms with van der Waals surface area (Å²) in [5.41, 5.74) is 13.3. The number of morpholine rings is 1. The molecular weight excluding hydrogens is 370 g/mol. The van der Waals surface area contributed by atoms with Crippen LogP contribution in [0.3, 0.4) is 0 Å². The van der Waals surface area contributed by atoms with Gasteiger partial charge in [-0.2, -0.15) is 0 Å². The number of benzene rings is 2. The Morgan fingerprint density at radius 2 is 1.52 bits per heavy atom. The number of ether oxygens (including phenoxy) is 2. The molecule has 1 aliphatic heterocycles. The number of nitrogens with two attached hydrogens (primary N) is 2. The van der Waals surface area contributed by atoms with Crippen LogP contribution in [0, 0.1) is 0 Å². The Balaban J connectivity index is 1.51. The van der Waals surface area contributed by atoms with Crippen molar-refractivity contribution in [3.05, 3.63) is 59.7 Å². The molecule has 1 atom stereocenters.